The van der Waals surface area contributed by atoms with E-state index in [1.165, 1.54) is 49.3 Å². The maximum absolute atomic E-state index is 15.7. The molecule has 0 aliphatic carbocycles. The zero-order valence-corrected chi connectivity index (χ0v) is 26.5. The molecule has 45 heavy (non-hydrogen) atoms. The lowest BCUT2D eigenvalue weighted by Crippen LogP contribution is -2.51. The second kappa shape index (κ2) is 13.0. The van der Waals surface area contributed by atoms with Gasteiger partial charge in [0.25, 0.3) is 5.92 Å². The fourth-order valence-electron chi connectivity index (χ4n) is 5.82. The number of thiazole rings is 1. The molecule has 0 amide bonds. The lowest BCUT2D eigenvalue weighted by molar-refractivity contribution is -0.205. The number of hydrogen-bond donors (Lipinski definition) is 2. The van der Waals surface area contributed by atoms with Crippen LogP contribution in [0.4, 0.5) is 13.2 Å². The fraction of sp³-hybridized carbons (Fsp3) is 0.517. The summed E-state index contributed by atoms with van der Waals surface area (Å²) in [4.78, 5) is 41.6. The van der Waals surface area contributed by atoms with Crippen LogP contribution in [0.3, 0.4) is 0 Å². The maximum Gasteiger partial charge on any atom is 0.338 e. The molecule has 1 aromatic carbocycles. The van der Waals surface area contributed by atoms with E-state index in [0.29, 0.717) is 10.6 Å². The van der Waals surface area contributed by atoms with Crippen LogP contribution in [0.25, 0.3) is 0 Å². The topological polar surface area (TPSA) is 126 Å². The molecule has 2 saturated heterocycles. The van der Waals surface area contributed by atoms with Gasteiger partial charge in [-0.15, -0.1) is 11.3 Å². The first-order valence-corrected chi connectivity index (χ1v) is 15.4. The lowest BCUT2D eigenvalue weighted by atomic mass is 9.86. The number of carbonyl (C=O) groups is 2. The zero-order valence-electron chi connectivity index (χ0n) is 24.9. The van der Waals surface area contributed by atoms with E-state index < -0.39 is 59.9 Å². The Labute approximate surface area is 266 Å². The van der Waals surface area contributed by atoms with Gasteiger partial charge in [-0.1, -0.05) is 17.7 Å². The number of hydroxylamine groups is 2. The summed E-state index contributed by atoms with van der Waals surface area (Å²) in [5.74, 6) is -5.44. The molecule has 3 aliphatic heterocycles. The number of alkyl halides is 2. The molecule has 2 N–H and O–H groups in total. The number of hydrogen-bond acceptors (Lipinski definition) is 11. The van der Waals surface area contributed by atoms with E-state index in [2.05, 4.69) is 10.3 Å². The average molecular weight is 672 g/mol. The number of aliphatic carboxylic acids is 1. The number of amidine groups is 1. The van der Waals surface area contributed by atoms with Gasteiger partial charge in [0.05, 0.1) is 49.4 Å². The minimum Gasteiger partial charge on any atom is -0.481 e. The summed E-state index contributed by atoms with van der Waals surface area (Å²) in [6.45, 7) is 3.44. The number of likely N-dealkylation sites (tertiary alicyclic amines) is 1. The fourth-order valence-corrected chi connectivity index (χ4v) is 6.68. The van der Waals surface area contributed by atoms with Crippen molar-refractivity contribution in [3.05, 3.63) is 62.5 Å². The molecule has 5 rings (SSSR count). The van der Waals surface area contributed by atoms with Crippen molar-refractivity contribution < 1.29 is 42.2 Å². The highest BCUT2D eigenvalue weighted by atomic mass is 35.5. The van der Waals surface area contributed by atoms with Gasteiger partial charge in [0, 0.05) is 41.5 Å². The van der Waals surface area contributed by atoms with Crippen LogP contribution in [0.1, 0.15) is 37.4 Å². The number of nitrogens with zero attached hydrogens (tertiary/aromatic N) is 4. The summed E-state index contributed by atoms with van der Waals surface area (Å²) in [5, 5.41) is 16.2. The zero-order chi connectivity index (χ0) is 32.7. The Balaban J connectivity index is 1.51. The van der Waals surface area contributed by atoms with Crippen molar-refractivity contribution in [1.29, 1.82) is 0 Å². The van der Waals surface area contributed by atoms with Gasteiger partial charge in [-0.2, -0.15) is 5.06 Å². The highest BCUT2D eigenvalue weighted by molar-refractivity contribution is 7.11. The predicted molar refractivity (Wildman–Crippen MR) is 159 cm³/mol. The summed E-state index contributed by atoms with van der Waals surface area (Å²) in [7, 11) is 1.32. The predicted octanol–water partition coefficient (Wildman–Crippen LogP) is 3.91. The number of carboxylic acids is 1. The molecule has 0 unspecified atom stereocenters. The van der Waals surface area contributed by atoms with Gasteiger partial charge >= 0.3 is 11.9 Å². The van der Waals surface area contributed by atoms with E-state index in [1.807, 2.05) is 0 Å². The Hall–Kier alpha value is -3.08. The van der Waals surface area contributed by atoms with Crippen molar-refractivity contribution >= 4 is 40.7 Å². The van der Waals surface area contributed by atoms with E-state index in [-0.39, 0.29) is 48.4 Å². The minimum absolute atomic E-state index is 0.0230. The van der Waals surface area contributed by atoms with Crippen molar-refractivity contribution in [1.82, 2.24) is 20.3 Å². The number of carboxylic acid groups (broad SMARTS) is 1. The smallest absolute Gasteiger partial charge is 0.338 e. The lowest BCUT2D eigenvalue weighted by Gasteiger charge is -2.34. The van der Waals surface area contributed by atoms with E-state index in [0.717, 1.165) is 11.1 Å². The van der Waals surface area contributed by atoms with Gasteiger partial charge in [-0.05, 0) is 32.9 Å². The molecule has 4 atom stereocenters. The second-order valence-electron chi connectivity index (χ2n) is 11.4. The number of nitrogens with one attached hydrogen (secondary N) is 1. The first kappa shape index (κ1) is 33.3. The SMILES string of the molecule is CCOC(=O)C1=C(CN2CC(F)(F)[C@@H]3[C@H]2CON3C[C@H](OC)C(C)(C)C(=O)O)NC(c2nccs2)=N[C@H]1c1ccc(F)cc1Cl. The normalized spacial score (nSPS) is 24.3. The van der Waals surface area contributed by atoms with Crippen LogP contribution in [0.15, 0.2) is 46.0 Å². The van der Waals surface area contributed by atoms with Gasteiger partial charge < -0.3 is 19.9 Å². The summed E-state index contributed by atoms with van der Waals surface area (Å²) in [6.07, 6.45) is 0.624. The molecule has 244 valence electrons. The number of benzene rings is 1. The number of aliphatic imine (C=N–C) groups is 1. The Kier molecular flexibility index (Phi) is 9.59. The molecule has 3 aliphatic rings. The molecular formula is C29H33ClF3N5O6S. The van der Waals surface area contributed by atoms with Gasteiger partial charge in [0.15, 0.2) is 10.8 Å². The van der Waals surface area contributed by atoms with Crippen LogP contribution in [-0.4, -0.2) is 102 Å². The highest BCUT2D eigenvalue weighted by Gasteiger charge is 2.61. The number of halogens is 4. The van der Waals surface area contributed by atoms with Crippen LogP contribution in [0.2, 0.25) is 5.02 Å². The maximum atomic E-state index is 15.7. The van der Waals surface area contributed by atoms with E-state index in [1.54, 1.807) is 18.5 Å². The first-order chi connectivity index (χ1) is 21.3. The number of fused-ring (bicyclic) bond motifs is 1. The molecule has 0 saturated carbocycles. The number of rotatable bonds is 11. The Morgan fingerprint density at radius 1 is 1.36 bits per heavy atom. The molecular weight excluding hydrogens is 639 g/mol. The molecule has 1 aromatic heterocycles. The third kappa shape index (κ3) is 6.46. The first-order valence-electron chi connectivity index (χ1n) is 14.2. The van der Waals surface area contributed by atoms with Crippen molar-refractivity contribution in [2.45, 2.75) is 50.9 Å². The van der Waals surface area contributed by atoms with Crippen molar-refractivity contribution in [3.8, 4) is 0 Å². The number of aromatic nitrogens is 1. The van der Waals surface area contributed by atoms with Crippen LogP contribution < -0.4 is 5.32 Å². The summed E-state index contributed by atoms with van der Waals surface area (Å²) >= 11 is 7.71. The molecule has 2 aromatic rings. The van der Waals surface area contributed by atoms with Gasteiger partial charge in [-0.3, -0.25) is 19.5 Å². The Bertz CT molecular complexity index is 1510. The number of esters is 1. The van der Waals surface area contributed by atoms with E-state index >= 15 is 8.78 Å². The Morgan fingerprint density at radius 2 is 2.11 bits per heavy atom. The van der Waals surface area contributed by atoms with Crippen LogP contribution in [0, 0.1) is 11.2 Å². The van der Waals surface area contributed by atoms with Crippen molar-refractivity contribution in [2.75, 3.05) is 40.0 Å². The van der Waals surface area contributed by atoms with Gasteiger partial charge in [0.1, 0.15) is 17.9 Å². The number of carbonyl (C=O) groups excluding carboxylic acids is 1. The largest absolute Gasteiger partial charge is 0.481 e. The van der Waals surface area contributed by atoms with Gasteiger partial charge in [-0.25, -0.2) is 22.9 Å². The van der Waals surface area contributed by atoms with E-state index in [4.69, 9.17) is 30.9 Å². The number of methoxy groups -OCH3 is 1. The summed E-state index contributed by atoms with van der Waals surface area (Å²) in [5.41, 5.74) is -0.774. The average Bonchev–Trinajstić information content (AvgIpc) is 3.70. The van der Waals surface area contributed by atoms with Crippen molar-refractivity contribution in [3.63, 3.8) is 0 Å². The molecule has 4 heterocycles. The molecule has 16 heteroatoms. The molecule has 0 radical (unpaired) electrons. The third-order valence-electron chi connectivity index (χ3n) is 8.26. The quantitative estimate of drug-likeness (QED) is 0.340. The summed E-state index contributed by atoms with van der Waals surface area (Å²) < 4.78 is 56.3. The minimum atomic E-state index is -3.27. The van der Waals surface area contributed by atoms with Crippen molar-refractivity contribution in [2.24, 2.45) is 10.4 Å². The van der Waals surface area contributed by atoms with Crippen LogP contribution in [0.5, 0.6) is 0 Å². The third-order valence-corrected chi connectivity index (χ3v) is 9.37. The molecule has 0 spiro atoms. The molecule has 2 fully saturated rings. The molecule has 0 bridgehead atoms. The van der Waals surface area contributed by atoms with Crippen LogP contribution >= 0.6 is 22.9 Å². The second-order valence-corrected chi connectivity index (χ2v) is 12.7. The van der Waals surface area contributed by atoms with E-state index in [9.17, 15) is 19.1 Å². The highest BCUT2D eigenvalue weighted by Crippen LogP contribution is 2.43. The van der Waals surface area contributed by atoms with Gasteiger partial charge in [0.2, 0.25) is 0 Å². The monoisotopic (exact) mass is 671 g/mol. The molecule has 11 nitrogen and oxygen atoms in total. The van der Waals surface area contributed by atoms with Crippen LogP contribution in [-0.2, 0) is 23.9 Å². The standard InChI is InChI=1S/C29H33ClF3N5O6S/c1-5-43-26(39)21-18(35-24(25-34-8-9-45-25)36-22(21)16-7-6-15(31)10-17(16)30)11-37-14-29(32,33)23-19(37)13-44-38(23)12-20(42-4)28(2,3)27(40)41/h6-10,19-20,22-23H,5,11-14H2,1-4H3,(H,35,36)(H,40,41)/t19-,20+,22+,23+/m1/s1. The number of ether oxygens (including phenoxy) is 2. The summed E-state index contributed by atoms with van der Waals surface area (Å²) in [6, 6.07) is 0.431. The Morgan fingerprint density at radius 3 is 2.73 bits per heavy atom.